The van der Waals surface area contributed by atoms with E-state index >= 15 is 0 Å². The van der Waals surface area contributed by atoms with E-state index < -0.39 is 0 Å². The van der Waals surface area contributed by atoms with E-state index in [0.29, 0.717) is 12.2 Å². The summed E-state index contributed by atoms with van der Waals surface area (Å²) < 4.78 is 0. The van der Waals surface area contributed by atoms with Crippen LogP contribution in [0.5, 0.6) is 0 Å². The Morgan fingerprint density at radius 3 is 2.74 bits per heavy atom. The normalized spacial score (nSPS) is 17.4. The van der Waals surface area contributed by atoms with Gasteiger partial charge in [0.1, 0.15) is 11.9 Å². The first kappa shape index (κ1) is 15.2. The van der Waals surface area contributed by atoms with Gasteiger partial charge < -0.3 is 11.1 Å². The molecule has 1 aliphatic heterocycles. The topological polar surface area (TPSA) is 80.9 Å². The molecular formula is C18H20N4O. The number of fused-ring (bicyclic) bond motifs is 1. The highest BCUT2D eigenvalue weighted by Gasteiger charge is 2.19. The maximum absolute atomic E-state index is 12.0. The lowest BCUT2D eigenvalue weighted by atomic mass is 9.96. The second-order valence-electron chi connectivity index (χ2n) is 5.79. The van der Waals surface area contributed by atoms with Gasteiger partial charge in [-0.1, -0.05) is 13.0 Å². The molecule has 0 bridgehead atoms. The van der Waals surface area contributed by atoms with Crippen molar-refractivity contribution in [3.05, 3.63) is 48.1 Å². The van der Waals surface area contributed by atoms with E-state index in [-0.39, 0.29) is 11.8 Å². The summed E-state index contributed by atoms with van der Waals surface area (Å²) in [6.45, 7) is 4.02. The Morgan fingerprint density at radius 2 is 2.00 bits per heavy atom. The number of rotatable bonds is 4. The van der Waals surface area contributed by atoms with E-state index in [2.05, 4.69) is 15.3 Å². The molecule has 1 unspecified atom stereocenters. The van der Waals surface area contributed by atoms with E-state index in [1.54, 1.807) is 12.4 Å². The van der Waals surface area contributed by atoms with Crippen LogP contribution >= 0.6 is 0 Å². The number of nitrogens with two attached hydrogens (primary N) is 1. The molecule has 5 nitrogen and oxygen atoms in total. The van der Waals surface area contributed by atoms with Crippen LogP contribution in [0.1, 0.15) is 32.4 Å². The number of anilines is 1. The number of carbonyl (C=O) groups excluding carboxylic acids is 1. The molecule has 2 aromatic rings. The van der Waals surface area contributed by atoms with Crippen molar-refractivity contribution in [3.63, 3.8) is 0 Å². The fourth-order valence-electron chi connectivity index (χ4n) is 2.74. The fourth-order valence-corrected chi connectivity index (χ4v) is 2.74. The predicted octanol–water partition coefficient (Wildman–Crippen LogP) is 2.84. The Labute approximate surface area is 135 Å². The summed E-state index contributed by atoms with van der Waals surface area (Å²) in [7, 11) is 0. The van der Waals surface area contributed by atoms with Gasteiger partial charge in [-0.3, -0.25) is 9.78 Å². The molecule has 5 heteroatoms. The van der Waals surface area contributed by atoms with Crippen molar-refractivity contribution in [3.8, 4) is 0 Å². The SMILES string of the molecule is CCCC(=O)C1C=C(C)C(c2cc3cnc(N)cc3cn2)=CN1. The van der Waals surface area contributed by atoms with Gasteiger partial charge in [0.25, 0.3) is 0 Å². The second-order valence-corrected chi connectivity index (χ2v) is 5.79. The van der Waals surface area contributed by atoms with Crippen LogP contribution in [-0.4, -0.2) is 21.8 Å². The lowest BCUT2D eigenvalue weighted by Gasteiger charge is -2.21. The minimum Gasteiger partial charge on any atom is -0.384 e. The number of hydrogen-bond acceptors (Lipinski definition) is 5. The van der Waals surface area contributed by atoms with Gasteiger partial charge in [0.15, 0.2) is 5.78 Å². The highest BCUT2D eigenvalue weighted by atomic mass is 16.1. The molecule has 23 heavy (non-hydrogen) atoms. The maximum atomic E-state index is 12.0. The number of aromatic nitrogens is 2. The van der Waals surface area contributed by atoms with Crippen molar-refractivity contribution in [1.82, 2.24) is 15.3 Å². The monoisotopic (exact) mass is 308 g/mol. The third kappa shape index (κ3) is 3.08. The molecule has 0 saturated heterocycles. The minimum atomic E-state index is -0.236. The smallest absolute Gasteiger partial charge is 0.158 e. The number of nitrogens with zero attached hydrogens (tertiary/aromatic N) is 2. The van der Waals surface area contributed by atoms with Gasteiger partial charge in [-0.15, -0.1) is 0 Å². The number of carbonyl (C=O) groups is 1. The number of allylic oxidation sites excluding steroid dienone is 2. The average Bonchev–Trinajstić information content (AvgIpc) is 2.54. The first-order valence-electron chi connectivity index (χ1n) is 7.78. The van der Waals surface area contributed by atoms with Crippen LogP contribution in [0.4, 0.5) is 5.82 Å². The summed E-state index contributed by atoms with van der Waals surface area (Å²) >= 11 is 0. The molecule has 0 aromatic carbocycles. The summed E-state index contributed by atoms with van der Waals surface area (Å²) in [5.41, 5.74) is 8.59. The number of nitrogens with one attached hydrogen (secondary N) is 1. The number of nitrogen functional groups attached to an aromatic ring is 1. The third-order valence-electron chi connectivity index (χ3n) is 3.99. The van der Waals surface area contributed by atoms with E-state index in [0.717, 1.165) is 34.0 Å². The van der Waals surface area contributed by atoms with Crippen LogP contribution in [0.3, 0.4) is 0 Å². The molecule has 1 aliphatic rings. The zero-order chi connectivity index (χ0) is 16.4. The Morgan fingerprint density at radius 1 is 1.26 bits per heavy atom. The number of Topliss-reactive ketones (excluding diaryl/α,β-unsaturated/α-hetero) is 1. The van der Waals surface area contributed by atoms with Crippen LogP contribution in [0.2, 0.25) is 0 Å². The Kier molecular flexibility index (Phi) is 4.10. The number of dihydropyridines is 1. The van der Waals surface area contributed by atoms with Gasteiger partial charge in [-0.25, -0.2) is 4.98 Å². The van der Waals surface area contributed by atoms with Crippen molar-refractivity contribution in [2.24, 2.45) is 0 Å². The summed E-state index contributed by atoms with van der Waals surface area (Å²) in [5, 5.41) is 5.13. The number of ketones is 1. The molecular weight excluding hydrogens is 288 g/mol. The molecule has 0 spiro atoms. The van der Waals surface area contributed by atoms with Crippen LogP contribution in [0.25, 0.3) is 16.3 Å². The van der Waals surface area contributed by atoms with Gasteiger partial charge in [0.05, 0.1) is 5.69 Å². The Balaban J connectivity index is 1.89. The van der Waals surface area contributed by atoms with Gasteiger partial charge in [-0.05, 0) is 31.1 Å². The summed E-state index contributed by atoms with van der Waals surface area (Å²) in [6.07, 6.45) is 8.85. The summed E-state index contributed by atoms with van der Waals surface area (Å²) in [6, 6.07) is 3.56. The van der Waals surface area contributed by atoms with Crippen LogP contribution in [0.15, 0.2) is 42.4 Å². The van der Waals surface area contributed by atoms with E-state index in [1.807, 2.05) is 38.3 Å². The molecule has 118 valence electrons. The van der Waals surface area contributed by atoms with Crippen molar-refractivity contribution >= 4 is 27.9 Å². The van der Waals surface area contributed by atoms with Gasteiger partial charge in [0.2, 0.25) is 0 Å². The first-order valence-corrected chi connectivity index (χ1v) is 7.78. The molecule has 3 rings (SSSR count). The van der Waals surface area contributed by atoms with Crippen LogP contribution in [0, 0.1) is 0 Å². The van der Waals surface area contributed by atoms with Crippen molar-refractivity contribution < 1.29 is 4.79 Å². The molecule has 0 aliphatic carbocycles. The van der Waals surface area contributed by atoms with Gasteiger partial charge >= 0.3 is 0 Å². The number of pyridine rings is 2. The molecule has 0 fully saturated rings. The highest BCUT2D eigenvalue weighted by molar-refractivity contribution is 5.91. The third-order valence-corrected chi connectivity index (χ3v) is 3.99. The molecule has 2 aromatic heterocycles. The molecule has 3 heterocycles. The second kappa shape index (κ2) is 6.20. The highest BCUT2D eigenvalue weighted by Crippen LogP contribution is 2.26. The zero-order valence-electron chi connectivity index (χ0n) is 13.3. The van der Waals surface area contributed by atoms with Crippen molar-refractivity contribution in [1.29, 1.82) is 0 Å². The Bertz CT molecular complexity index is 823. The fraction of sp³-hybridized carbons (Fsp3) is 0.278. The standard InChI is InChI=1S/C18H20N4O/c1-3-4-17(23)16-5-11(2)14(10-21-16)15-6-12-9-22-18(19)7-13(12)8-20-15/h5-10,16,21H,3-4H2,1-2H3,(H2,19,22). The molecule has 0 radical (unpaired) electrons. The Hall–Kier alpha value is -2.69. The molecule has 0 saturated carbocycles. The molecule has 0 amide bonds. The van der Waals surface area contributed by atoms with Gasteiger partial charge in [0, 0.05) is 41.4 Å². The van der Waals surface area contributed by atoms with Crippen molar-refractivity contribution in [2.45, 2.75) is 32.7 Å². The number of hydrogen-bond donors (Lipinski definition) is 2. The zero-order valence-corrected chi connectivity index (χ0v) is 13.3. The van der Waals surface area contributed by atoms with Crippen LogP contribution in [-0.2, 0) is 4.79 Å². The minimum absolute atomic E-state index is 0.216. The quantitative estimate of drug-likeness (QED) is 0.907. The maximum Gasteiger partial charge on any atom is 0.158 e. The molecule has 3 N–H and O–H groups in total. The predicted molar refractivity (Wildman–Crippen MR) is 92.5 cm³/mol. The summed E-state index contributed by atoms with van der Waals surface area (Å²) in [4.78, 5) is 20.7. The van der Waals surface area contributed by atoms with Crippen molar-refractivity contribution in [2.75, 3.05) is 5.73 Å². The lowest BCUT2D eigenvalue weighted by Crippen LogP contribution is -2.34. The molecule has 1 atom stereocenters. The summed E-state index contributed by atoms with van der Waals surface area (Å²) in [5.74, 6) is 0.701. The van der Waals surface area contributed by atoms with E-state index in [4.69, 9.17) is 5.73 Å². The van der Waals surface area contributed by atoms with Crippen LogP contribution < -0.4 is 11.1 Å². The average molecular weight is 308 g/mol. The largest absolute Gasteiger partial charge is 0.384 e. The van der Waals surface area contributed by atoms with E-state index in [9.17, 15) is 4.79 Å². The first-order chi connectivity index (χ1) is 11.1. The van der Waals surface area contributed by atoms with E-state index in [1.165, 1.54) is 0 Å². The van der Waals surface area contributed by atoms with Gasteiger partial charge in [-0.2, -0.15) is 0 Å². The lowest BCUT2D eigenvalue weighted by molar-refractivity contribution is -0.119.